The molecule has 2 N–H and O–H groups in total. The summed E-state index contributed by atoms with van der Waals surface area (Å²) in [5.41, 5.74) is 1.25. The average Bonchev–Trinajstić information content (AvgIpc) is 2.19. The lowest BCUT2D eigenvalue weighted by molar-refractivity contribution is 0.243. The second-order valence-corrected chi connectivity index (χ2v) is 5.63. The second kappa shape index (κ2) is 7.33. The molecule has 0 aliphatic heterocycles. The van der Waals surface area contributed by atoms with E-state index in [1.807, 2.05) is 21.0 Å². The van der Waals surface area contributed by atoms with E-state index >= 15 is 0 Å². The van der Waals surface area contributed by atoms with Crippen LogP contribution in [0.1, 0.15) is 34.1 Å². The first kappa shape index (κ1) is 16.0. The Kier molecular flexibility index (Phi) is 6.88. The average molecular weight is 241 g/mol. The topological polar surface area (TPSA) is 44.4 Å². The van der Waals surface area contributed by atoms with E-state index < -0.39 is 0 Å². The van der Waals surface area contributed by atoms with Gasteiger partial charge in [-0.2, -0.15) is 0 Å². The van der Waals surface area contributed by atoms with Crippen LogP contribution in [0.25, 0.3) is 0 Å². The van der Waals surface area contributed by atoms with Crippen molar-refractivity contribution in [1.29, 1.82) is 0 Å². The summed E-state index contributed by atoms with van der Waals surface area (Å²) in [6.45, 7) is 10.1. The van der Waals surface area contributed by atoms with Crippen molar-refractivity contribution >= 4 is 6.03 Å². The first-order chi connectivity index (χ1) is 7.73. The van der Waals surface area contributed by atoms with Crippen molar-refractivity contribution in [3.05, 3.63) is 11.8 Å². The summed E-state index contributed by atoms with van der Waals surface area (Å²) in [7, 11) is 4.05. The number of carbonyl (C=O) groups is 1. The van der Waals surface area contributed by atoms with Crippen molar-refractivity contribution in [2.45, 2.75) is 34.1 Å². The van der Waals surface area contributed by atoms with Gasteiger partial charge in [0.05, 0.1) is 0 Å². The van der Waals surface area contributed by atoms with Crippen LogP contribution < -0.4 is 10.6 Å². The molecule has 0 bridgehead atoms. The van der Waals surface area contributed by atoms with Crippen molar-refractivity contribution in [3.8, 4) is 0 Å². The molecule has 0 aromatic rings. The molecule has 0 saturated carbocycles. The maximum Gasteiger partial charge on any atom is 0.318 e. The number of urea groups is 1. The predicted octanol–water partition coefficient (Wildman–Crippen LogP) is 2.19. The molecular weight excluding hydrogens is 214 g/mol. The number of nitrogens with zero attached hydrogens (tertiary/aromatic N) is 1. The highest BCUT2D eigenvalue weighted by molar-refractivity contribution is 5.74. The van der Waals surface area contributed by atoms with Crippen LogP contribution in [0, 0.1) is 5.41 Å². The quantitative estimate of drug-likeness (QED) is 0.725. The van der Waals surface area contributed by atoms with Gasteiger partial charge in [-0.3, -0.25) is 0 Å². The molecule has 0 aliphatic carbocycles. The van der Waals surface area contributed by atoms with Gasteiger partial charge in [0, 0.05) is 12.7 Å². The summed E-state index contributed by atoms with van der Waals surface area (Å²) >= 11 is 0. The molecule has 2 amide bonds. The number of amides is 2. The Morgan fingerprint density at radius 3 is 2.35 bits per heavy atom. The molecule has 0 rings (SSSR count). The molecule has 4 heteroatoms. The molecule has 0 aliphatic rings. The first-order valence-electron chi connectivity index (χ1n) is 6.10. The maximum absolute atomic E-state index is 11.4. The van der Waals surface area contributed by atoms with Crippen LogP contribution in [0.5, 0.6) is 0 Å². The van der Waals surface area contributed by atoms with E-state index in [0.29, 0.717) is 6.54 Å². The molecule has 0 aromatic heterocycles. The Morgan fingerprint density at radius 2 is 1.88 bits per heavy atom. The van der Waals surface area contributed by atoms with Crippen LogP contribution >= 0.6 is 0 Å². The minimum Gasteiger partial charge on any atom is -0.338 e. The van der Waals surface area contributed by atoms with Crippen molar-refractivity contribution in [3.63, 3.8) is 0 Å². The third-order valence-corrected chi connectivity index (χ3v) is 2.67. The largest absolute Gasteiger partial charge is 0.338 e. The van der Waals surface area contributed by atoms with Crippen molar-refractivity contribution in [2.75, 3.05) is 27.2 Å². The van der Waals surface area contributed by atoms with Crippen LogP contribution in [-0.2, 0) is 0 Å². The van der Waals surface area contributed by atoms with Gasteiger partial charge in [-0.1, -0.05) is 26.3 Å². The molecule has 0 unspecified atom stereocenters. The van der Waals surface area contributed by atoms with Gasteiger partial charge in [-0.15, -0.1) is 0 Å². The van der Waals surface area contributed by atoms with Gasteiger partial charge in [-0.05, 0) is 39.4 Å². The van der Waals surface area contributed by atoms with Gasteiger partial charge in [0.25, 0.3) is 0 Å². The third kappa shape index (κ3) is 8.74. The lowest BCUT2D eigenvalue weighted by Crippen LogP contribution is -2.34. The SMILES string of the molecule is C/C(=C\NC(=O)NCCCN(C)C)C(C)(C)C. The summed E-state index contributed by atoms with van der Waals surface area (Å²) in [5, 5.41) is 5.57. The van der Waals surface area contributed by atoms with Crippen LogP contribution in [0.3, 0.4) is 0 Å². The fraction of sp³-hybridized carbons (Fsp3) is 0.769. The van der Waals surface area contributed by atoms with Crippen molar-refractivity contribution < 1.29 is 4.79 Å². The molecule has 0 saturated heterocycles. The van der Waals surface area contributed by atoms with Crippen molar-refractivity contribution in [1.82, 2.24) is 15.5 Å². The van der Waals surface area contributed by atoms with E-state index in [1.54, 1.807) is 6.20 Å². The fourth-order valence-electron chi connectivity index (χ4n) is 1.04. The first-order valence-corrected chi connectivity index (χ1v) is 6.10. The number of allylic oxidation sites excluding steroid dienone is 1. The van der Waals surface area contributed by atoms with Crippen LogP contribution in [-0.4, -0.2) is 38.1 Å². The molecule has 17 heavy (non-hydrogen) atoms. The minimum absolute atomic E-state index is 0.0954. The highest BCUT2D eigenvalue weighted by Gasteiger charge is 2.12. The molecule has 0 spiro atoms. The number of carbonyl (C=O) groups excluding carboxylic acids is 1. The molecule has 0 aromatic carbocycles. The monoisotopic (exact) mass is 241 g/mol. The Balaban J connectivity index is 3.81. The lowest BCUT2D eigenvalue weighted by Gasteiger charge is -2.19. The summed E-state index contributed by atoms with van der Waals surface area (Å²) < 4.78 is 0. The van der Waals surface area contributed by atoms with Gasteiger partial charge >= 0.3 is 6.03 Å². The number of hydrogen-bond acceptors (Lipinski definition) is 2. The minimum atomic E-state index is -0.132. The molecular formula is C13H27N3O. The fourth-order valence-corrected chi connectivity index (χ4v) is 1.04. The highest BCUT2D eigenvalue weighted by atomic mass is 16.2. The Bertz CT molecular complexity index is 264. The molecule has 4 nitrogen and oxygen atoms in total. The van der Waals surface area contributed by atoms with Gasteiger partial charge in [0.15, 0.2) is 0 Å². The number of hydrogen-bond donors (Lipinski definition) is 2. The van der Waals surface area contributed by atoms with Crippen molar-refractivity contribution in [2.24, 2.45) is 5.41 Å². The molecule has 0 fully saturated rings. The van der Waals surface area contributed by atoms with E-state index in [4.69, 9.17) is 0 Å². The van der Waals surface area contributed by atoms with Gasteiger partial charge in [0.1, 0.15) is 0 Å². The zero-order valence-electron chi connectivity index (χ0n) is 12.1. The highest BCUT2D eigenvalue weighted by Crippen LogP contribution is 2.23. The van der Waals surface area contributed by atoms with Crippen LogP contribution in [0.2, 0.25) is 0 Å². The van der Waals surface area contributed by atoms with E-state index in [2.05, 4.69) is 36.3 Å². The zero-order valence-corrected chi connectivity index (χ0v) is 12.1. The Hall–Kier alpha value is -1.03. The molecule has 0 atom stereocenters. The molecule has 0 heterocycles. The van der Waals surface area contributed by atoms with Gasteiger partial charge in [0.2, 0.25) is 0 Å². The van der Waals surface area contributed by atoms with E-state index in [-0.39, 0.29) is 11.4 Å². The number of rotatable bonds is 5. The van der Waals surface area contributed by atoms with Crippen LogP contribution in [0.15, 0.2) is 11.8 Å². The van der Waals surface area contributed by atoms with Gasteiger partial charge in [-0.25, -0.2) is 4.79 Å². The Morgan fingerprint density at radius 1 is 1.29 bits per heavy atom. The summed E-state index contributed by atoms with van der Waals surface area (Å²) in [6.07, 6.45) is 2.74. The molecule has 100 valence electrons. The lowest BCUT2D eigenvalue weighted by atomic mass is 9.88. The number of nitrogens with one attached hydrogen (secondary N) is 2. The standard InChI is InChI=1S/C13H27N3O/c1-11(13(2,3)4)10-15-12(17)14-8-7-9-16(5)6/h10H,7-9H2,1-6H3,(H2,14,15,17)/b11-10+. The summed E-state index contributed by atoms with van der Waals surface area (Å²) in [4.78, 5) is 13.5. The normalized spacial score (nSPS) is 12.8. The van der Waals surface area contributed by atoms with E-state index in [9.17, 15) is 4.79 Å². The Labute approximate surface area is 105 Å². The summed E-state index contributed by atoms with van der Waals surface area (Å²) in [5.74, 6) is 0. The second-order valence-electron chi connectivity index (χ2n) is 5.63. The molecule has 0 radical (unpaired) electrons. The smallest absolute Gasteiger partial charge is 0.318 e. The zero-order chi connectivity index (χ0) is 13.5. The van der Waals surface area contributed by atoms with E-state index in [0.717, 1.165) is 18.5 Å². The van der Waals surface area contributed by atoms with E-state index in [1.165, 1.54) is 0 Å². The van der Waals surface area contributed by atoms with Crippen LogP contribution in [0.4, 0.5) is 4.79 Å². The predicted molar refractivity (Wildman–Crippen MR) is 72.9 cm³/mol. The summed E-state index contributed by atoms with van der Waals surface area (Å²) in [6, 6.07) is -0.132. The van der Waals surface area contributed by atoms with Gasteiger partial charge < -0.3 is 15.5 Å². The third-order valence-electron chi connectivity index (χ3n) is 2.67. The maximum atomic E-state index is 11.4.